The molecule has 1 saturated heterocycles. The number of alkyl halides is 1. The minimum atomic E-state index is -1.15. The van der Waals surface area contributed by atoms with Crippen LogP contribution in [0.3, 0.4) is 0 Å². The molecule has 124 valence electrons. The summed E-state index contributed by atoms with van der Waals surface area (Å²) in [6.07, 6.45) is 0.582. The molecule has 4 rings (SSSR count). The number of hydrogen-bond acceptors (Lipinski definition) is 4. The van der Waals surface area contributed by atoms with Gasteiger partial charge in [-0.2, -0.15) is 0 Å². The summed E-state index contributed by atoms with van der Waals surface area (Å²) in [6, 6.07) is 5.84. The van der Waals surface area contributed by atoms with Crippen LogP contribution in [0.1, 0.15) is 18.0 Å². The summed E-state index contributed by atoms with van der Waals surface area (Å²) in [6.45, 7) is 0.0629. The summed E-state index contributed by atoms with van der Waals surface area (Å²) >= 11 is 0. The highest BCUT2D eigenvalue weighted by molar-refractivity contribution is 5.54. The van der Waals surface area contributed by atoms with E-state index in [0.29, 0.717) is 17.3 Å². The Morgan fingerprint density at radius 2 is 2.00 bits per heavy atom. The van der Waals surface area contributed by atoms with Crippen molar-refractivity contribution in [3.63, 3.8) is 0 Å². The average Bonchev–Trinajstić information content (AvgIpc) is 3.10. The van der Waals surface area contributed by atoms with E-state index in [1.54, 1.807) is 23.2 Å². The summed E-state index contributed by atoms with van der Waals surface area (Å²) in [5.74, 6) is -0.329. The zero-order valence-electron chi connectivity index (χ0n) is 12.5. The van der Waals surface area contributed by atoms with E-state index < -0.39 is 23.8 Å². The van der Waals surface area contributed by atoms with Gasteiger partial charge in [0.15, 0.2) is 5.65 Å². The van der Waals surface area contributed by atoms with Gasteiger partial charge in [-0.1, -0.05) is 0 Å². The van der Waals surface area contributed by atoms with Crippen LogP contribution in [0.4, 0.5) is 24.8 Å². The Morgan fingerprint density at radius 1 is 1.17 bits per heavy atom. The average molecular weight is 333 g/mol. The van der Waals surface area contributed by atoms with Gasteiger partial charge < -0.3 is 10.6 Å². The van der Waals surface area contributed by atoms with Crippen molar-refractivity contribution >= 4 is 17.3 Å². The third kappa shape index (κ3) is 2.44. The number of hydrogen-bond donors (Lipinski definition) is 1. The van der Waals surface area contributed by atoms with Crippen LogP contribution >= 0.6 is 0 Å². The predicted molar refractivity (Wildman–Crippen MR) is 83.4 cm³/mol. The highest BCUT2D eigenvalue weighted by Gasteiger charge is 2.36. The topological polar surface area (TPSA) is 59.5 Å². The largest absolute Gasteiger partial charge is 0.382 e. The Hall–Kier alpha value is -2.77. The van der Waals surface area contributed by atoms with Gasteiger partial charge in [0.2, 0.25) is 0 Å². The Labute approximate surface area is 135 Å². The molecule has 5 nitrogen and oxygen atoms in total. The molecule has 8 heteroatoms. The van der Waals surface area contributed by atoms with E-state index in [1.165, 1.54) is 4.52 Å². The van der Waals surface area contributed by atoms with Crippen molar-refractivity contribution in [3.05, 3.63) is 53.7 Å². The molecule has 0 bridgehead atoms. The molecule has 0 unspecified atom stereocenters. The maximum absolute atomic E-state index is 14.1. The van der Waals surface area contributed by atoms with E-state index in [2.05, 4.69) is 10.1 Å². The lowest BCUT2D eigenvalue weighted by molar-refractivity contribution is 0.355. The fourth-order valence-corrected chi connectivity index (χ4v) is 3.15. The molecule has 2 aromatic heterocycles. The molecule has 3 aromatic rings. The number of nitrogen functional groups attached to an aromatic ring is 1. The van der Waals surface area contributed by atoms with Gasteiger partial charge in [0.05, 0.1) is 12.6 Å². The van der Waals surface area contributed by atoms with Crippen LogP contribution in [0.25, 0.3) is 5.65 Å². The molecular formula is C16H14F3N5. The maximum Gasteiger partial charge on any atom is 0.159 e. The third-order valence-corrected chi connectivity index (χ3v) is 4.19. The van der Waals surface area contributed by atoms with Crippen molar-refractivity contribution in [3.8, 4) is 0 Å². The Kier molecular flexibility index (Phi) is 3.33. The maximum atomic E-state index is 14.1. The van der Waals surface area contributed by atoms with Crippen molar-refractivity contribution in [2.45, 2.75) is 18.6 Å². The summed E-state index contributed by atoms with van der Waals surface area (Å²) in [5, 5.41) is 4.03. The molecule has 0 radical (unpaired) electrons. The molecule has 2 atom stereocenters. The lowest BCUT2D eigenvalue weighted by atomic mass is 10.0. The fourth-order valence-electron chi connectivity index (χ4n) is 3.15. The van der Waals surface area contributed by atoms with E-state index in [9.17, 15) is 13.2 Å². The molecule has 0 saturated carbocycles. The van der Waals surface area contributed by atoms with Crippen LogP contribution in [0.2, 0.25) is 0 Å². The molecule has 0 amide bonds. The van der Waals surface area contributed by atoms with E-state index >= 15 is 0 Å². The predicted octanol–water partition coefficient (Wildman–Crippen LogP) is 2.88. The minimum absolute atomic E-state index is 0.0629. The van der Waals surface area contributed by atoms with E-state index in [1.807, 2.05) is 0 Å². The number of benzene rings is 1. The van der Waals surface area contributed by atoms with Gasteiger partial charge in [-0.15, -0.1) is 5.10 Å². The minimum Gasteiger partial charge on any atom is -0.382 e. The molecule has 1 aliphatic heterocycles. The first kappa shape index (κ1) is 14.8. The van der Waals surface area contributed by atoms with E-state index in [0.717, 1.165) is 18.2 Å². The van der Waals surface area contributed by atoms with Gasteiger partial charge in [-0.05, 0) is 24.3 Å². The Morgan fingerprint density at radius 3 is 2.83 bits per heavy atom. The van der Waals surface area contributed by atoms with Gasteiger partial charge >= 0.3 is 0 Å². The smallest absolute Gasteiger partial charge is 0.159 e. The second-order valence-electron chi connectivity index (χ2n) is 5.82. The first-order valence-electron chi connectivity index (χ1n) is 7.49. The zero-order valence-corrected chi connectivity index (χ0v) is 12.5. The van der Waals surface area contributed by atoms with E-state index in [-0.39, 0.29) is 18.5 Å². The number of anilines is 2. The zero-order chi connectivity index (χ0) is 16.8. The van der Waals surface area contributed by atoms with Crippen LogP contribution in [0.5, 0.6) is 0 Å². The van der Waals surface area contributed by atoms with Crippen molar-refractivity contribution < 1.29 is 13.2 Å². The lowest BCUT2D eigenvalue weighted by Gasteiger charge is -2.26. The molecule has 3 heterocycles. The summed E-state index contributed by atoms with van der Waals surface area (Å²) in [4.78, 5) is 6.05. The standard InChI is InChI=1S/C16H14F3N5/c17-9-1-2-12(19)11(5-9)13-6-10(18)8-23(13)15-3-4-24-16(21-15)7-14(20)22-24/h1-5,7,10,13H,6,8H2,(H2,20,22)/t10-,13+/m0/s1. The van der Waals surface area contributed by atoms with Gasteiger partial charge in [0, 0.05) is 24.2 Å². The first-order chi connectivity index (χ1) is 11.5. The monoisotopic (exact) mass is 333 g/mol. The Balaban J connectivity index is 1.77. The molecule has 2 N–H and O–H groups in total. The van der Waals surface area contributed by atoms with Gasteiger partial charge in [0.1, 0.15) is 29.4 Å². The number of nitrogens with two attached hydrogens (primary N) is 1. The Bertz CT molecular complexity index is 910. The molecule has 24 heavy (non-hydrogen) atoms. The number of aromatic nitrogens is 3. The number of fused-ring (bicyclic) bond motifs is 1. The fraction of sp³-hybridized carbons (Fsp3) is 0.250. The van der Waals surface area contributed by atoms with Crippen molar-refractivity contribution in [1.29, 1.82) is 0 Å². The van der Waals surface area contributed by atoms with Gasteiger partial charge in [-0.3, -0.25) is 0 Å². The number of nitrogens with zero attached hydrogens (tertiary/aromatic N) is 4. The number of halogens is 3. The highest BCUT2D eigenvalue weighted by atomic mass is 19.1. The molecule has 1 fully saturated rings. The van der Waals surface area contributed by atoms with Crippen molar-refractivity contribution in [2.24, 2.45) is 0 Å². The van der Waals surface area contributed by atoms with Crippen LogP contribution in [0.15, 0.2) is 36.5 Å². The lowest BCUT2D eigenvalue weighted by Crippen LogP contribution is -2.25. The summed E-state index contributed by atoms with van der Waals surface area (Å²) in [5.41, 5.74) is 6.27. The molecule has 0 aliphatic carbocycles. The van der Waals surface area contributed by atoms with Crippen LogP contribution in [-0.2, 0) is 0 Å². The summed E-state index contributed by atoms with van der Waals surface area (Å²) < 4.78 is 43.2. The molecular weight excluding hydrogens is 319 g/mol. The second-order valence-corrected chi connectivity index (χ2v) is 5.82. The molecule has 1 aliphatic rings. The van der Waals surface area contributed by atoms with Crippen LogP contribution in [0, 0.1) is 11.6 Å². The number of rotatable bonds is 2. The van der Waals surface area contributed by atoms with E-state index in [4.69, 9.17) is 5.73 Å². The second kappa shape index (κ2) is 5.40. The van der Waals surface area contributed by atoms with Gasteiger partial charge in [-0.25, -0.2) is 22.7 Å². The SMILES string of the molecule is Nc1cc2nc(N3C[C@@H](F)C[C@@H]3c3cc(F)ccc3F)ccn2n1. The molecule has 0 spiro atoms. The van der Waals surface area contributed by atoms with Gasteiger partial charge in [0.25, 0.3) is 0 Å². The van der Waals surface area contributed by atoms with Crippen molar-refractivity contribution in [1.82, 2.24) is 14.6 Å². The van der Waals surface area contributed by atoms with Crippen molar-refractivity contribution in [2.75, 3.05) is 17.2 Å². The van der Waals surface area contributed by atoms with Crippen LogP contribution < -0.4 is 10.6 Å². The normalized spacial score (nSPS) is 20.9. The summed E-state index contributed by atoms with van der Waals surface area (Å²) in [7, 11) is 0. The molecule has 1 aromatic carbocycles. The quantitative estimate of drug-likeness (QED) is 0.783. The first-order valence-corrected chi connectivity index (χ1v) is 7.49. The highest BCUT2D eigenvalue weighted by Crippen LogP contribution is 2.38. The third-order valence-electron chi connectivity index (χ3n) is 4.19. The van der Waals surface area contributed by atoms with Crippen LogP contribution in [-0.4, -0.2) is 27.3 Å².